The molecular formula is C13H12ClN. The highest BCUT2D eigenvalue weighted by atomic mass is 35.5. The van der Waals surface area contributed by atoms with Gasteiger partial charge in [0.2, 0.25) is 0 Å². The van der Waals surface area contributed by atoms with Crippen molar-refractivity contribution in [2.45, 2.75) is 13.3 Å². The van der Waals surface area contributed by atoms with Crippen LogP contribution in [0, 0.1) is 0 Å². The van der Waals surface area contributed by atoms with Gasteiger partial charge in [0, 0.05) is 16.8 Å². The second-order valence-electron chi connectivity index (χ2n) is 3.38. The predicted octanol–water partition coefficient (Wildman–Crippen LogP) is 3.96. The smallest absolute Gasteiger partial charge is 0.0719 e. The van der Waals surface area contributed by atoms with Gasteiger partial charge in [-0.2, -0.15) is 0 Å². The van der Waals surface area contributed by atoms with E-state index in [2.05, 4.69) is 18.0 Å². The van der Waals surface area contributed by atoms with Crippen molar-refractivity contribution in [1.29, 1.82) is 0 Å². The maximum atomic E-state index is 6.11. The lowest BCUT2D eigenvalue weighted by Gasteiger charge is -2.04. The molecule has 0 radical (unpaired) electrons. The van der Waals surface area contributed by atoms with E-state index in [0.29, 0.717) is 0 Å². The first-order valence-electron chi connectivity index (χ1n) is 5.01. The molecule has 2 heteroatoms. The van der Waals surface area contributed by atoms with Crippen LogP contribution in [0.3, 0.4) is 0 Å². The number of hydrogen-bond donors (Lipinski definition) is 0. The summed E-state index contributed by atoms with van der Waals surface area (Å²) < 4.78 is 0. The molecule has 1 heterocycles. The van der Waals surface area contributed by atoms with Crippen LogP contribution in [0.2, 0.25) is 5.02 Å². The van der Waals surface area contributed by atoms with Gasteiger partial charge in [-0.25, -0.2) is 0 Å². The Labute approximate surface area is 94.7 Å². The zero-order valence-electron chi connectivity index (χ0n) is 8.57. The van der Waals surface area contributed by atoms with Crippen molar-refractivity contribution in [3.05, 3.63) is 53.2 Å². The highest BCUT2D eigenvalue weighted by Crippen LogP contribution is 2.26. The maximum Gasteiger partial charge on any atom is 0.0719 e. The van der Waals surface area contributed by atoms with Gasteiger partial charge in [0.05, 0.1) is 5.69 Å². The lowest BCUT2D eigenvalue weighted by atomic mass is 10.1. The van der Waals surface area contributed by atoms with E-state index in [1.807, 2.05) is 36.5 Å². The van der Waals surface area contributed by atoms with Crippen LogP contribution in [0.5, 0.6) is 0 Å². The van der Waals surface area contributed by atoms with E-state index in [4.69, 9.17) is 11.6 Å². The molecule has 0 fully saturated rings. The van der Waals surface area contributed by atoms with Crippen LogP contribution in [0.1, 0.15) is 12.5 Å². The van der Waals surface area contributed by atoms with Gasteiger partial charge >= 0.3 is 0 Å². The molecule has 2 aromatic rings. The fourth-order valence-corrected chi connectivity index (χ4v) is 1.74. The quantitative estimate of drug-likeness (QED) is 0.742. The van der Waals surface area contributed by atoms with Gasteiger partial charge in [-0.3, -0.25) is 4.98 Å². The Balaban J connectivity index is 2.49. The highest BCUT2D eigenvalue weighted by molar-refractivity contribution is 6.33. The lowest BCUT2D eigenvalue weighted by Crippen LogP contribution is -1.87. The Hall–Kier alpha value is -1.34. The molecule has 76 valence electrons. The zero-order chi connectivity index (χ0) is 10.7. The molecule has 1 nitrogen and oxygen atoms in total. The Morgan fingerprint density at radius 3 is 2.73 bits per heavy atom. The van der Waals surface area contributed by atoms with Crippen molar-refractivity contribution >= 4 is 11.6 Å². The van der Waals surface area contributed by atoms with Gasteiger partial charge < -0.3 is 0 Å². The van der Waals surface area contributed by atoms with E-state index in [0.717, 1.165) is 22.7 Å². The van der Waals surface area contributed by atoms with E-state index < -0.39 is 0 Å². The van der Waals surface area contributed by atoms with Crippen LogP contribution >= 0.6 is 11.6 Å². The largest absolute Gasteiger partial charge is 0.256 e. The molecule has 15 heavy (non-hydrogen) atoms. The van der Waals surface area contributed by atoms with Crippen molar-refractivity contribution in [2.75, 3.05) is 0 Å². The van der Waals surface area contributed by atoms with Gasteiger partial charge in [-0.15, -0.1) is 0 Å². The molecule has 0 amide bonds. The molecule has 0 atom stereocenters. The monoisotopic (exact) mass is 217 g/mol. The standard InChI is InChI=1S/C13H12ClN/c1-2-10-7-8-15-13(9-10)11-5-3-4-6-12(11)14/h3-9H,2H2,1H3. The Morgan fingerprint density at radius 1 is 1.20 bits per heavy atom. The van der Waals surface area contributed by atoms with Crippen LogP contribution < -0.4 is 0 Å². The molecule has 0 unspecified atom stereocenters. The van der Waals surface area contributed by atoms with Crippen LogP contribution in [-0.4, -0.2) is 4.98 Å². The van der Waals surface area contributed by atoms with Gasteiger partial charge in [-0.1, -0.05) is 36.7 Å². The van der Waals surface area contributed by atoms with E-state index in [9.17, 15) is 0 Å². The number of hydrogen-bond acceptors (Lipinski definition) is 1. The summed E-state index contributed by atoms with van der Waals surface area (Å²) in [6.07, 6.45) is 2.84. The number of benzene rings is 1. The van der Waals surface area contributed by atoms with E-state index in [1.54, 1.807) is 0 Å². The number of aryl methyl sites for hydroxylation is 1. The van der Waals surface area contributed by atoms with Crippen molar-refractivity contribution in [2.24, 2.45) is 0 Å². The summed E-state index contributed by atoms with van der Waals surface area (Å²) in [4.78, 5) is 4.33. The number of rotatable bonds is 2. The van der Waals surface area contributed by atoms with Gasteiger partial charge in [0.25, 0.3) is 0 Å². The van der Waals surface area contributed by atoms with Crippen molar-refractivity contribution in [3.8, 4) is 11.3 Å². The molecular weight excluding hydrogens is 206 g/mol. The summed E-state index contributed by atoms with van der Waals surface area (Å²) in [5.41, 5.74) is 3.22. The fraction of sp³-hybridized carbons (Fsp3) is 0.154. The molecule has 0 aliphatic heterocycles. The lowest BCUT2D eigenvalue weighted by molar-refractivity contribution is 1.12. The first-order chi connectivity index (χ1) is 7.31. The third-order valence-electron chi connectivity index (χ3n) is 2.38. The predicted molar refractivity (Wildman–Crippen MR) is 64.1 cm³/mol. The number of aromatic nitrogens is 1. The van der Waals surface area contributed by atoms with Gasteiger partial charge in [-0.05, 0) is 30.2 Å². The van der Waals surface area contributed by atoms with E-state index in [1.165, 1.54) is 5.56 Å². The molecule has 0 bridgehead atoms. The number of nitrogens with zero attached hydrogens (tertiary/aromatic N) is 1. The minimum atomic E-state index is 0.748. The minimum Gasteiger partial charge on any atom is -0.256 e. The van der Waals surface area contributed by atoms with E-state index >= 15 is 0 Å². The second kappa shape index (κ2) is 4.45. The van der Waals surface area contributed by atoms with Gasteiger partial charge in [0.15, 0.2) is 0 Å². The summed E-state index contributed by atoms with van der Waals surface area (Å²) in [7, 11) is 0. The van der Waals surface area contributed by atoms with Crippen LogP contribution in [0.4, 0.5) is 0 Å². The molecule has 0 aliphatic rings. The van der Waals surface area contributed by atoms with Crippen LogP contribution in [0.15, 0.2) is 42.6 Å². The first-order valence-corrected chi connectivity index (χ1v) is 5.39. The van der Waals surface area contributed by atoms with Crippen LogP contribution in [0.25, 0.3) is 11.3 Å². The summed E-state index contributed by atoms with van der Waals surface area (Å²) in [6, 6.07) is 11.9. The van der Waals surface area contributed by atoms with Crippen molar-refractivity contribution in [3.63, 3.8) is 0 Å². The number of pyridine rings is 1. The Bertz CT molecular complexity index is 466. The van der Waals surface area contributed by atoms with Crippen molar-refractivity contribution < 1.29 is 0 Å². The highest BCUT2D eigenvalue weighted by Gasteiger charge is 2.03. The molecule has 0 aliphatic carbocycles. The SMILES string of the molecule is CCc1ccnc(-c2ccccc2Cl)c1. The fourth-order valence-electron chi connectivity index (χ4n) is 1.51. The van der Waals surface area contributed by atoms with Crippen LogP contribution in [-0.2, 0) is 6.42 Å². The Kier molecular flexibility index (Phi) is 3.02. The zero-order valence-corrected chi connectivity index (χ0v) is 9.33. The topological polar surface area (TPSA) is 12.9 Å². The summed E-state index contributed by atoms with van der Waals surface area (Å²) in [5, 5.41) is 0.748. The average molecular weight is 218 g/mol. The molecule has 2 rings (SSSR count). The second-order valence-corrected chi connectivity index (χ2v) is 3.79. The third kappa shape index (κ3) is 2.18. The average Bonchev–Trinajstić information content (AvgIpc) is 2.30. The molecule has 0 N–H and O–H groups in total. The summed E-state index contributed by atoms with van der Waals surface area (Å²) in [5.74, 6) is 0. The van der Waals surface area contributed by atoms with Gasteiger partial charge in [0.1, 0.15) is 0 Å². The van der Waals surface area contributed by atoms with E-state index in [-0.39, 0.29) is 0 Å². The Morgan fingerprint density at radius 2 is 2.00 bits per heavy atom. The normalized spacial score (nSPS) is 10.3. The molecule has 0 spiro atoms. The molecule has 1 aromatic heterocycles. The molecule has 0 saturated carbocycles. The summed E-state index contributed by atoms with van der Waals surface area (Å²) in [6.45, 7) is 2.13. The third-order valence-corrected chi connectivity index (χ3v) is 2.71. The van der Waals surface area contributed by atoms with Crippen molar-refractivity contribution in [1.82, 2.24) is 4.98 Å². The minimum absolute atomic E-state index is 0.748. The first kappa shape index (κ1) is 10.2. The molecule has 0 saturated heterocycles. The number of halogens is 1. The summed E-state index contributed by atoms with van der Waals surface area (Å²) >= 11 is 6.11. The molecule has 1 aromatic carbocycles. The maximum absolute atomic E-state index is 6.11.